The molecule has 2 aromatic rings. The fourth-order valence-corrected chi connectivity index (χ4v) is 2.07. The quantitative estimate of drug-likeness (QED) is 0.861. The molecule has 0 spiro atoms. The summed E-state index contributed by atoms with van der Waals surface area (Å²) >= 11 is 0. The molecule has 0 saturated carbocycles. The number of ether oxygens (including phenoxy) is 1. The number of H-pyrrole nitrogens is 1. The standard InChI is InChI=1S/C15H18N2O2/c1-9-5-6-10(2)12(7-9)15-11(3)16-13(17-15)8-14(18)19-4/h5-7H,8H2,1-4H3,(H,16,17). The van der Waals surface area contributed by atoms with Gasteiger partial charge in [0.25, 0.3) is 0 Å². The molecule has 0 radical (unpaired) electrons. The third-order valence-electron chi connectivity index (χ3n) is 3.12. The lowest BCUT2D eigenvalue weighted by Crippen LogP contribution is -2.05. The Hall–Kier alpha value is -2.10. The van der Waals surface area contributed by atoms with Crippen LogP contribution in [0.1, 0.15) is 22.6 Å². The summed E-state index contributed by atoms with van der Waals surface area (Å²) in [5.41, 5.74) is 5.33. The van der Waals surface area contributed by atoms with Gasteiger partial charge in [-0.3, -0.25) is 4.79 Å². The monoisotopic (exact) mass is 258 g/mol. The molecule has 0 saturated heterocycles. The van der Waals surface area contributed by atoms with Crippen molar-refractivity contribution in [1.82, 2.24) is 9.97 Å². The number of aromatic nitrogens is 2. The van der Waals surface area contributed by atoms with Gasteiger partial charge in [0.15, 0.2) is 0 Å². The van der Waals surface area contributed by atoms with Crippen LogP contribution in [0.2, 0.25) is 0 Å². The Balaban J connectivity index is 2.40. The van der Waals surface area contributed by atoms with Crippen molar-refractivity contribution in [1.29, 1.82) is 0 Å². The molecule has 1 heterocycles. The lowest BCUT2D eigenvalue weighted by Gasteiger charge is -2.05. The molecule has 0 unspecified atom stereocenters. The second kappa shape index (κ2) is 5.26. The molecule has 2 rings (SSSR count). The molecule has 0 bridgehead atoms. The number of aromatic amines is 1. The van der Waals surface area contributed by atoms with Crippen LogP contribution in [0.5, 0.6) is 0 Å². The molecule has 0 amide bonds. The predicted octanol–water partition coefficient (Wildman–Crippen LogP) is 2.72. The van der Waals surface area contributed by atoms with Crippen LogP contribution in [-0.4, -0.2) is 23.0 Å². The number of nitrogens with zero attached hydrogens (tertiary/aromatic N) is 1. The molecular formula is C15H18N2O2. The van der Waals surface area contributed by atoms with Crippen LogP contribution >= 0.6 is 0 Å². The molecule has 19 heavy (non-hydrogen) atoms. The molecule has 0 fully saturated rings. The van der Waals surface area contributed by atoms with E-state index in [1.807, 2.05) is 6.92 Å². The predicted molar refractivity (Wildman–Crippen MR) is 74.0 cm³/mol. The van der Waals surface area contributed by atoms with E-state index in [2.05, 4.69) is 46.8 Å². The zero-order valence-electron chi connectivity index (χ0n) is 11.7. The molecule has 100 valence electrons. The van der Waals surface area contributed by atoms with E-state index in [0.717, 1.165) is 17.0 Å². The van der Waals surface area contributed by atoms with Gasteiger partial charge < -0.3 is 9.72 Å². The Morgan fingerprint density at radius 1 is 1.32 bits per heavy atom. The van der Waals surface area contributed by atoms with Crippen molar-refractivity contribution < 1.29 is 9.53 Å². The molecule has 4 nitrogen and oxygen atoms in total. The normalized spacial score (nSPS) is 10.5. The SMILES string of the molecule is COC(=O)Cc1nc(-c2cc(C)ccc2C)c(C)[nH]1. The van der Waals surface area contributed by atoms with Gasteiger partial charge in [0.2, 0.25) is 0 Å². The molecule has 1 N–H and O–H groups in total. The molecule has 0 aliphatic rings. The molecule has 1 aromatic heterocycles. The van der Waals surface area contributed by atoms with Crippen molar-refractivity contribution in [3.63, 3.8) is 0 Å². The minimum atomic E-state index is -0.290. The van der Waals surface area contributed by atoms with Crippen LogP contribution in [0.4, 0.5) is 0 Å². The Morgan fingerprint density at radius 3 is 2.74 bits per heavy atom. The van der Waals surface area contributed by atoms with Crippen molar-refractivity contribution in [3.8, 4) is 11.3 Å². The molecular weight excluding hydrogens is 240 g/mol. The van der Waals surface area contributed by atoms with Crippen molar-refractivity contribution in [2.75, 3.05) is 7.11 Å². The molecule has 1 aromatic carbocycles. The number of methoxy groups -OCH3 is 1. The fraction of sp³-hybridized carbons (Fsp3) is 0.333. The number of carbonyl (C=O) groups is 1. The van der Waals surface area contributed by atoms with Gasteiger partial charge in [-0.05, 0) is 32.4 Å². The topological polar surface area (TPSA) is 55.0 Å². The van der Waals surface area contributed by atoms with E-state index >= 15 is 0 Å². The number of benzene rings is 1. The van der Waals surface area contributed by atoms with Crippen LogP contribution in [0.25, 0.3) is 11.3 Å². The molecule has 0 aliphatic carbocycles. The average Bonchev–Trinajstić information content (AvgIpc) is 2.73. The van der Waals surface area contributed by atoms with Gasteiger partial charge in [0.1, 0.15) is 12.2 Å². The number of aryl methyl sites for hydroxylation is 3. The zero-order valence-corrected chi connectivity index (χ0v) is 11.7. The lowest BCUT2D eigenvalue weighted by atomic mass is 10.0. The van der Waals surface area contributed by atoms with E-state index in [0.29, 0.717) is 5.82 Å². The summed E-state index contributed by atoms with van der Waals surface area (Å²) in [7, 11) is 1.38. The number of hydrogen-bond acceptors (Lipinski definition) is 3. The third kappa shape index (κ3) is 2.84. The third-order valence-corrected chi connectivity index (χ3v) is 3.12. The van der Waals surface area contributed by atoms with E-state index in [1.165, 1.54) is 18.2 Å². The number of rotatable bonds is 3. The Morgan fingerprint density at radius 2 is 2.05 bits per heavy atom. The fourth-order valence-electron chi connectivity index (χ4n) is 2.07. The first kappa shape index (κ1) is 13.3. The maximum Gasteiger partial charge on any atom is 0.313 e. The number of hydrogen-bond donors (Lipinski definition) is 1. The number of esters is 1. The highest BCUT2D eigenvalue weighted by Crippen LogP contribution is 2.25. The lowest BCUT2D eigenvalue weighted by molar-refractivity contribution is -0.139. The van der Waals surface area contributed by atoms with Crippen LogP contribution in [0, 0.1) is 20.8 Å². The van der Waals surface area contributed by atoms with Gasteiger partial charge in [0.05, 0.1) is 12.8 Å². The number of imidazole rings is 1. The van der Waals surface area contributed by atoms with Crippen LogP contribution in [0.15, 0.2) is 18.2 Å². The van der Waals surface area contributed by atoms with Crippen molar-refractivity contribution in [3.05, 3.63) is 40.8 Å². The van der Waals surface area contributed by atoms with E-state index in [9.17, 15) is 4.79 Å². The van der Waals surface area contributed by atoms with Gasteiger partial charge in [-0.25, -0.2) is 4.98 Å². The number of carbonyl (C=O) groups excluding carboxylic acids is 1. The minimum absolute atomic E-state index is 0.169. The first-order chi connectivity index (χ1) is 9.01. The van der Waals surface area contributed by atoms with Crippen LogP contribution < -0.4 is 0 Å². The Labute approximate surface area is 112 Å². The van der Waals surface area contributed by atoms with Crippen LogP contribution in [-0.2, 0) is 16.0 Å². The largest absolute Gasteiger partial charge is 0.469 e. The van der Waals surface area contributed by atoms with Crippen molar-refractivity contribution >= 4 is 5.97 Å². The first-order valence-electron chi connectivity index (χ1n) is 6.21. The van der Waals surface area contributed by atoms with Gasteiger partial charge in [0, 0.05) is 11.3 Å². The summed E-state index contributed by atoms with van der Waals surface area (Å²) in [6.07, 6.45) is 0.169. The summed E-state index contributed by atoms with van der Waals surface area (Å²) in [5, 5.41) is 0. The Kier molecular flexibility index (Phi) is 3.69. The second-order valence-electron chi connectivity index (χ2n) is 4.73. The average molecular weight is 258 g/mol. The van der Waals surface area contributed by atoms with Gasteiger partial charge in [-0.2, -0.15) is 0 Å². The number of nitrogens with one attached hydrogen (secondary N) is 1. The van der Waals surface area contributed by atoms with Crippen molar-refractivity contribution in [2.45, 2.75) is 27.2 Å². The second-order valence-corrected chi connectivity index (χ2v) is 4.73. The van der Waals surface area contributed by atoms with E-state index in [4.69, 9.17) is 0 Å². The van der Waals surface area contributed by atoms with Crippen molar-refractivity contribution in [2.24, 2.45) is 0 Å². The van der Waals surface area contributed by atoms with Crippen LogP contribution in [0.3, 0.4) is 0 Å². The molecule has 0 aliphatic heterocycles. The first-order valence-corrected chi connectivity index (χ1v) is 6.21. The summed E-state index contributed by atoms with van der Waals surface area (Å²) in [6.45, 7) is 6.08. The van der Waals surface area contributed by atoms with E-state index in [-0.39, 0.29) is 12.4 Å². The van der Waals surface area contributed by atoms with Gasteiger partial charge >= 0.3 is 5.97 Å². The summed E-state index contributed by atoms with van der Waals surface area (Å²) < 4.78 is 4.65. The summed E-state index contributed by atoms with van der Waals surface area (Å²) in [6, 6.07) is 6.27. The summed E-state index contributed by atoms with van der Waals surface area (Å²) in [4.78, 5) is 18.9. The maximum atomic E-state index is 11.3. The minimum Gasteiger partial charge on any atom is -0.469 e. The van der Waals surface area contributed by atoms with E-state index in [1.54, 1.807) is 0 Å². The highest BCUT2D eigenvalue weighted by molar-refractivity contribution is 5.72. The summed E-state index contributed by atoms with van der Waals surface area (Å²) in [5.74, 6) is 0.349. The smallest absolute Gasteiger partial charge is 0.313 e. The highest BCUT2D eigenvalue weighted by atomic mass is 16.5. The van der Waals surface area contributed by atoms with E-state index < -0.39 is 0 Å². The van der Waals surface area contributed by atoms with Gasteiger partial charge in [-0.1, -0.05) is 17.7 Å². The maximum absolute atomic E-state index is 11.3. The zero-order chi connectivity index (χ0) is 14.0. The Bertz CT molecular complexity index is 615. The van der Waals surface area contributed by atoms with Gasteiger partial charge in [-0.15, -0.1) is 0 Å². The highest BCUT2D eigenvalue weighted by Gasteiger charge is 2.13. The molecule has 4 heteroatoms. The molecule has 0 atom stereocenters.